The average molecular weight is 445 g/mol. The van der Waals surface area contributed by atoms with Gasteiger partial charge in [-0.25, -0.2) is 0 Å². The minimum Gasteiger partial charge on any atom is -0.486 e. The van der Waals surface area contributed by atoms with E-state index < -0.39 is 17.9 Å². The van der Waals surface area contributed by atoms with Gasteiger partial charge in [0, 0.05) is 43.0 Å². The van der Waals surface area contributed by atoms with Crippen molar-refractivity contribution in [3.05, 3.63) is 53.1 Å². The minimum atomic E-state index is -0.683. The molecule has 2 atom stereocenters. The predicted octanol–water partition coefficient (Wildman–Crippen LogP) is 3.99. The van der Waals surface area contributed by atoms with Gasteiger partial charge in [-0.2, -0.15) is 0 Å². The SMILES string of the molecule is CC(O)C(Oc1ccc2c(c1)OC(C)(C)CC2=O)N1CCN(c2ccc(Cl)cc2)CC1. The molecule has 1 N–H and O–H groups in total. The third-order valence-electron chi connectivity index (χ3n) is 5.76. The van der Waals surface area contributed by atoms with Crippen molar-refractivity contribution in [3.8, 4) is 11.5 Å². The van der Waals surface area contributed by atoms with Gasteiger partial charge in [0.2, 0.25) is 0 Å². The van der Waals surface area contributed by atoms with Gasteiger partial charge in [-0.15, -0.1) is 0 Å². The van der Waals surface area contributed by atoms with Crippen LogP contribution < -0.4 is 14.4 Å². The number of anilines is 1. The van der Waals surface area contributed by atoms with E-state index in [0.29, 0.717) is 23.5 Å². The number of aliphatic hydroxyl groups excluding tert-OH is 1. The Hall–Kier alpha value is -2.28. The molecule has 6 nitrogen and oxygen atoms in total. The lowest BCUT2D eigenvalue weighted by Gasteiger charge is -2.41. The summed E-state index contributed by atoms with van der Waals surface area (Å²) in [6.45, 7) is 8.70. The molecule has 2 aromatic rings. The zero-order chi connectivity index (χ0) is 22.2. The zero-order valence-electron chi connectivity index (χ0n) is 18.2. The molecular formula is C24H29ClN2O4. The number of ketones is 1. The number of nitrogens with zero attached hydrogens (tertiary/aromatic N) is 2. The maximum Gasteiger partial charge on any atom is 0.178 e. The van der Waals surface area contributed by atoms with E-state index in [0.717, 1.165) is 36.9 Å². The van der Waals surface area contributed by atoms with Crippen LogP contribution in [0.1, 0.15) is 37.6 Å². The standard InChI is InChI=1S/C24H29ClN2O4/c1-16(28)23(27-12-10-26(11-13-27)18-6-4-17(25)5-7-18)30-19-8-9-20-21(29)15-24(2,3)31-22(20)14-19/h4-9,14,16,23,28H,10-13,15H2,1-3H3. The molecule has 2 heterocycles. The van der Waals surface area contributed by atoms with E-state index in [2.05, 4.69) is 9.80 Å². The van der Waals surface area contributed by atoms with E-state index in [1.54, 1.807) is 25.1 Å². The molecule has 2 aromatic carbocycles. The lowest BCUT2D eigenvalue weighted by molar-refractivity contribution is -0.0603. The maximum atomic E-state index is 12.4. The highest BCUT2D eigenvalue weighted by molar-refractivity contribution is 6.30. The maximum absolute atomic E-state index is 12.4. The molecule has 0 aromatic heterocycles. The number of rotatable bonds is 5. The molecule has 1 saturated heterocycles. The second-order valence-electron chi connectivity index (χ2n) is 8.87. The summed E-state index contributed by atoms with van der Waals surface area (Å²) in [5.74, 6) is 1.19. The van der Waals surface area contributed by atoms with Gasteiger partial charge in [0.25, 0.3) is 0 Å². The van der Waals surface area contributed by atoms with Gasteiger partial charge in [0.15, 0.2) is 12.0 Å². The molecule has 0 bridgehead atoms. The zero-order valence-corrected chi connectivity index (χ0v) is 18.9. The first-order chi connectivity index (χ1) is 14.7. The monoisotopic (exact) mass is 444 g/mol. The third-order valence-corrected chi connectivity index (χ3v) is 6.01. The van der Waals surface area contributed by atoms with E-state index in [1.807, 2.05) is 38.1 Å². The van der Waals surface area contributed by atoms with Crippen molar-refractivity contribution in [1.29, 1.82) is 0 Å². The molecule has 2 aliphatic heterocycles. The largest absolute Gasteiger partial charge is 0.486 e. The summed E-state index contributed by atoms with van der Waals surface area (Å²) in [4.78, 5) is 16.8. The lowest BCUT2D eigenvalue weighted by Crippen LogP contribution is -2.55. The van der Waals surface area contributed by atoms with Crippen LogP contribution in [0.15, 0.2) is 42.5 Å². The fraction of sp³-hybridized carbons (Fsp3) is 0.458. The molecule has 0 aliphatic carbocycles. The van der Waals surface area contributed by atoms with E-state index in [4.69, 9.17) is 21.1 Å². The van der Waals surface area contributed by atoms with Crippen LogP contribution in [0.3, 0.4) is 0 Å². The second kappa shape index (κ2) is 8.69. The van der Waals surface area contributed by atoms with Crippen molar-refractivity contribution in [1.82, 2.24) is 4.90 Å². The summed E-state index contributed by atoms with van der Waals surface area (Å²) in [6, 6.07) is 13.1. The van der Waals surface area contributed by atoms with Gasteiger partial charge in [-0.05, 0) is 57.2 Å². The van der Waals surface area contributed by atoms with Gasteiger partial charge in [-0.1, -0.05) is 11.6 Å². The summed E-state index contributed by atoms with van der Waals surface area (Å²) in [6.07, 6.45) is -0.816. The number of Topliss-reactive ketones (excluding diaryl/α,β-unsaturated/α-hetero) is 1. The van der Waals surface area contributed by atoms with Crippen LogP contribution in [0.5, 0.6) is 11.5 Å². The van der Waals surface area contributed by atoms with E-state index >= 15 is 0 Å². The Balaban J connectivity index is 1.44. The van der Waals surface area contributed by atoms with Crippen LogP contribution in [0.25, 0.3) is 0 Å². The van der Waals surface area contributed by atoms with E-state index in [-0.39, 0.29) is 5.78 Å². The Bertz CT molecular complexity index is 937. The Kier molecular flexibility index (Phi) is 6.15. The first-order valence-electron chi connectivity index (χ1n) is 10.7. The van der Waals surface area contributed by atoms with Crippen molar-refractivity contribution in [3.63, 3.8) is 0 Å². The summed E-state index contributed by atoms with van der Waals surface area (Å²) < 4.78 is 12.2. The van der Waals surface area contributed by atoms with E-state index in [1.165, 1.54) is 0 Å². The molecule has 7 heteroatoms. The molecule has 0 radical (unpaired) electrons. The number of hydrogen-bond donors (Lipinski definition) is 1. The fourth-order valence-electron chi connectivity index (χ4n) is 4.21. The number of benzene rings is 2. The molecule has 31 heavy (non-hydrogen) atoms. The minimum absolute atomic E-state index is 0.0724. The highest BCUT2D eigenvalue weighted by atomic mass is 35.5. The Morgan fingerprint density at radius 3 is 2.42 bits per heavy atom. The van der Waals surface area contributed by atoms with Crippen molar-refractivity contribution in [2.24, 2.45) is 0 Å². The average Bonchev–Trinajstić information content (AvgIpc) is 2.71. The van der Waals surface area contributed by atoms with Crippen LogP contribution in [-0.2, 0) is 0 Å². The second-order valence-corrected chi connectivity index (χ2v) is 9.30. The number of carbonyl (C=O) groups is 1. The number of carbonyl (C=O) groups excluding carboxylic acids is 1. The summed E-state index contributed by atoms with van der Waals surface area (Å²) >= 11 is 6.00. The summed E-state index contributed by atoms with van der Waals surface area (Å²) in [5, 5.41) is 11.1. The van der Waals surface area contributed by atoms with E-state index in [9.17, 15) is 9.90 Å². The fourth-order valence-corrected chi connectivity index (χ4v) is 4.34. The molecule has 1 fully saturated rings. The van der Waals surface area contributed by atoms with Crippen LogP contribution in [0.2, 0.25) is 5.02 Å². The number of halogens is 1. The third kappa shape index (κ3) is 4.97. The lowest BCUT2D eigenvalue weighted by atomic mass is 9.93. The Labute approximate surface area is 188 Å². The molecule has 4 rings (SSSR count). The Morgan fingerprint density at radius 2 is 1.77 bits per heavy atom. The predicted molar refractivity (Wildman–Crippen MR) is 121 cm³/mol. The number of ether oxygens (including phenoxy) is 2. The van der Waals surface area contributed by atoms with Crippen LogP contribution in [-0.4, -0.2) is 59.9 Å². The van der Waals surface area contributed by atoms with Gasteiger partial charge in [0.05, 0.1) is 12.0 Å². The topological polar surface area (TPSA) is 62.2 Å². The number of fused-ring (bicyclic) bond motifs is 1. The van der Waals surface area contributed by atoms with Crippen molar-refractivity contribution in [2.75, 3.05) is 31.1 Å². The molecule has 0 amide bonds. The van der Waals surface area contributed by atoms with Crippen molar-refractivity contribution in [2.45, 2.75) is 45.1 Å². The summed E-state index contributed by atoms with van der Waals surface area (Å²) in [5.41, 5.74) is 1.18. The van der Waals surface area contributed by atoms with Crippen molar-refractivity contribution >= 4 is 23.1 Å². The highest BCUT2D eigenvalue weighted by Gasteiger charge is 2.33. The molecule has 2 aliphatic rings. The van der Waals surface area contributed by atoms with Gasteiger partial charge in [-0.3, -0.25) is 9.69 Å². The smallest absolute Gasteiger partial charge is 0.178 e. The highest BCUT2D eigenvalue weighted by Crippen LogP contribution is 2.36. The van der Waals surface area contributed by atoms with Gasteiger partial charge < -0.3 is 19.5 Å². The van der Waals surface area contributed by atoms with Gasteiger partial charge >= 0.3 is 0 Å². The quantitative estimate of drug-likeness (QED) is 0.752. The number of hydrogen-bond acceptors (Lipinski definition) is 6. The molecular weight excluding hydrogens is 416 g/mol. The van der Waals surface area contributed by atoms with Crippen LogP contribution in [0, 0.1) is 0 Å². The van der Waals surface area contributed by atoms with Crippen LogP contribution in [0.4, 0.5) is 5.69 Å². The van der Waals surface area contributed by atoms with Gasteiger partial charge in [0.1, 0.15) is 23.2 Å². The normalized spacial score (nSPS) is 20.5. The van der Waals surface area contributed by atoms with Crippen molar-refractivity contribution < 1.29 is 19.4 Å². The Morgan fingerprint density at radius 1 is 1.10 bits per heavy atom. The first kappa shape index (κ1) is 21.9. The molecule has 0 spiro atoms. The van der Waals surface area contributed by atoms with Crippen LogP contribution >= 0.6 is 11.6 Å². The molecule has 166 valence electrons. The molecule has 2 unspecified atom stereocenters. The number of piperazine rings is 1. The first-order valence-corrected chi connectivity index (χ1v) is 11.1. The summed E-state index contributed by atoms with van der Waals surface area (Å²) in [7, 11) is 0. The number of aliphatic hydroxyl groups is 1. The molecule has 0 saturated carbocycles.